The van der Waals surface area contributed by atoms with Crippen molar-refractivity contribution in [3.05, 3.63) is 40.4 Å². The van der Waals surface area contributed by atoms with Gasteiger partial charge in [-0.25, -0.2) is 14.4 Å². The van der Waals surface area contributed by atoms with Gasteiger partial charge in [-0.1, -0.05) is 11.7 Å². The SMILES string of the molecule is C=C(N=C(/C=C(\N)C(F)(F)F)c1noc(=O)n1COC(=O)C(C)(C)C)C1CC1. The smallest absolute Gasteiger partial charge is 0.443 e. The third kappa shape index (κ3) is 5.33. The van der Waals surface area contributed by atoms with E-state index in [0.29, 0.717) is 11.8 Å². The van der Waals surface area contributed by atoms with Crippen LogP contribution in [0.4, 0.5) is 13.2 Å². The summed E-state index contributed by atoms with van der Waals surface area (Å²) >= 11 is 0. The normalized spacial score (nSPS) is 16.2. The first-order chi connectivity index (χ1) is 12.8. The van der Waals surface area contributed by atoms with E-state index in [2.05, 4.69) is 21.3 Å². The Balaban J connectivity index is 2.42. The maximum atomic E-state index is 12.9. The lowest BCUT2D eigenvalue weighted by atomic mass is 9.98. The molecule has 0 atom stereocenters. The Morgan fingerprint density at radius 1 is 1.43 bits per heavy atom. The molecule has 11 heteroatoms. The van der Waals surface area contributed by atoms with E-state index < -0.39 is 35.7 Å². The Morgan fingerprint density at radius 2 is 2.04 bits per heavy atom. The summed E-state index contributed by atoms with van der Waals surface area (Å²) in [5.74, 6) is -1.97. The highest BCUT2D eigenvalue weighted by Gasteiger charge is 2.33. The van der Waals surface area contributed by atoms with Gasteiger partial charge in [0.2, 0.25) is 5.82 Å². The molecule has 2 rings (SSSR count). The summed E-state index contributed by atoms with van der Waals surface area (Å²) in [5, 5.41) is 3.47. The molecule has 1 saturated carbocycles. The van der Waals surface area contributed by atoms with Gasteiger partial charge >= 0.3 is 17.9 Å². The minimum Gasteiger partial charge on any atom is -0.443 e. The van der Waals surface area contributed by atoms with Crippen LogP contribution in [0.5, 0.6) is 0 Å². The largest absolute Gasteiger partial charge is 0.444 e. The van der Waals surface area contributed by atoms with Crippen molar-refractivity contribution < 1.29 is 27.2 Å². The number of aliphatic imine (C=N–C) groups is 1. The second-order valence-electron chi connectivity index (χ2n) is 7.37. The summed E-state index contributed by atoms with van der Waals surface area (Å²) in [6.45, 7) is 7.93. The van der Waals surface area contributed by atoms with Crippen LogP contribution in [0, 0.1) is 11.3 Å². The summed E-state index contributed by atoms with van der Waals surface area (Å²) in [4.78, 5) is 27.9. The molecule has 0 saturated heterocycles. The van der Waals surface area contributed by atoms with Gasteiger partial charge in [-0.15, -0.1) is 0 Å². The fourth-order valence-corrected chi connectivity index (χ4v) is 1.94. The molecular formula is C17H21F3N4O4. The van der Waals surface area contributed by atoms with Crippen molar-refractivity contribution in [3.8, 4) is 0 Å². The van der Waals surface area contributed by atoms with E-state index in [1.165, 1.54) is 0 Å². The highest BCUT2D eigenvalue weighted by atomic mass is 19.4. The van der Waals surface area contributed by atoms with Gasteiger partial charge in [-0.3, -0.25) is 9.32 Å². The molecule has 1 fully saturated rings. The lowest BCUT2D eigenvalue weighted by molar-refractivity contribution is -0.157. The molecule has 0 radical (unpaired) electrons. The molecule has 154 valence electrons. The lowest BCUT2D eigenvalue weighted by Gasteiger charge is -2.16. The zero-order valence-electron chi connectivity index (χ0n) is 15.7. The Bertz CT molecular complexity index is 883. The minimum atomic E-state index is -4.81. The Labute approximate surface area is 158 Å². The number of rotatable bonds is 6. The topological polar surface area (TPSA) is 113 Å². The van der Waals surface area contributed by atoms with Crippen LogP contribution in [0.2, 0.25) is 0 Å². The summed E-state index contributed by atoms with van der Waals surface area (Å²) < 4.78 is 48.9. The number of esters is 1. The average molecular weight is 402 g/mol. The maximum Gasteiger partial charge on any atom is 0.444 e. The minimum absolute atomic E-state index is 0.0429. The van der Waals surface area contributed by atoms with Gasteiger partial charge in [0.25, 0.3) is 0 Å². The first-order valence-corrected chi connectivity index (χ1v) is 8.36. The molecule has 1 heterocycles. The molecule has 2 N–H and O–H groups in total. The monoisotopic (exact) mass is 402 g/mol. The molecule has 28 heavy (non-hydrogen) atoms. The molecule has 0 aromatic carbocycles. The van der Waals surface area contributed by atoms with Crippen molar-refractivity contribution in [2.24, 2.45) is 22.1 Å². The Kier molecular flexibility index (Phi) is 5.86. The van der Waals surface area contributed by atoms with E-state index in [0.717, 1.165) is 17.4 Å². The van der Waals surface area contributed by atoms with Crippen LogP contribution in [0.15, 0.2) is 38.4 Å². The molecule has 0 amide bonds. The van der Waals surface area contributed by atoms with Crippen LogP contribution < -0.4 is 11.5 Å². The van der Waals surface area contributed by atoms with Crippen molar-refractivity contribution in [3.63, 3.8) is 0 Å². The number of carbonyl (C=O) groups is 1. The first-order valence-electron chi connectivity index (χ1n) is 8.36. The fourth-order valence-electron chi connectivity index (χ4n) is 1.94. The van der Waals surface area contributed by atoms with Crippen LogP contribution in [0.3, 0.4) is 0 Å². The molecule has 8 nitrogen and oxygen atoms in total. The van der Waals surface area contributed by atoms with Gasteiger partial charge in [-0.2, -0.15) is 13.2 Å². The van der Waals surface area contributed by atoms with E-state index in [9.17, 15) is 22.8 Å². The van der Waals surface area contributed by atoms with E-state index in [-0.39, 0.29) is 17.5 Å². The summed E-state index contributed by atoms with van der Waals surface area (Å²) in [6, 6.07) is 0. The Morgan fingerprint density at radius 3 is 2.54 bits per heavy atom. The van der Waals surface area contributed by atoms with Crippen molar-refractivity contribution in [2.75, 3.05) is 0 Å². The number of aromatic nitrogens is 2. The van der Waals surface area contributed by atoms with Gasteiger partial charge in [0.1, 0.15) is 11.4 Å². The zero-order valence-corrected chi connectivity index (χ0v) is 15.7. The third-order valence-electron chi connectivity index (χ3n) is 3.78. The summed E-state index contributed by atoms with van der Waals surface area (Å²) in [5.41, 5.74) is 2.76. The molecule has 1 aliphatic carbocycles. The predicted molar refractivity (Wildman–Crippen MR) is 93.0 cm³/mol. The number of alkyl halides is 3. The van der Waals surface area contributed by atoms with E-state index in [4.69, 9.17) is 10.5 Å². The standard InChI is InChI=1S/C17H21F3N4O4/c1-9(10-5-6-10)22-11(7-12(21)17(18,19)20)13-23-28-15(26)24(13)8-27-14(25)16(2,3)4/h7,10H,1,5-6,8,21H2,2-4H3/b12-7-,22-11?. The maximum absolute atomic E-state index is 12.9. The van der Waals surface area contributed by atoms with Crippen molar-refractivity contribution >= 4 is 11.7 Å². The summed E-state index contributed by atoms with van der Waals surface area (Å²) in [6.07, 6.45) is -2.66. The number of allylic oxidation sites excluding steroid dienone is 3. The zero-order chi connectivity index (χ0) is 21.3. The van der Waals surface area contributed by atoms with Gasteiger partial charge in [0.05, 0.1) is 5.41 Å². The highest BCUT2D eigenvalue weighted by molar-refractivity contribution is 6.07. The molecule has 0 unspecified atom stereocenters. The molecule has 0 bridgehead atoms. The highest BCUT2D eigenvalue weighted by Crippen LogP contribution is 2.36. The van der Waals surface area contributed by atoms with Gasteiger partial charge in [0.15, 0.2) is 6.73 Å². The summed E-state index contributed by atoms with van der Waals surface area (Å²) in [7, 11) is 0. The van der Waals surface area contributed by atoms with E-state index >= 15 is 0 Å². The van der Waals surface area contributed by atoms with Gasteiger partial charge in [0, 0.05) is 11.6 Å². The number of ether oxygens (including phenoxy) is 1. The number of nitrogens with two attached hydrogens (primary N) is 1. The van der Waals surface area contributed by atoms with Crippen molar-refractivity contribution in [1.82, 2.24) is 9.72 Å². The number of nitrogens with zero attached hydrogens (tertiary/aromatic N) is 3. The van der Waals surface area contributed by atoms with Crippen LogP contribution in [0.1, 0.15) is 39.4 Å². The van der Waals surface area contributed by atoms with Crippen LogP contribution >= 0.6 is 0 Å². The third-order valence-corrected chi connectivity index (χ3v) is 3.78. The molecule has 1 aromatic heterocycles. The van der Waals surface area contributed by atoms with Crippen LogP contribution in [0.25, 0.3) is 0 Å². The molecule has 1 aliphatic rings. The van der Waals surface area contributed by atoms with Crippen LogP contribution in [-0.4, -0.2) is 27.6 Å². The van der Waals surface area contributed by atoms with Gasteiger partial charge in [-0.05, 0) is 39.7 Å². The Hall–Kier alpha value is -2.85. The quantitative estimate of drug-likeness (QED) is 0.578. The van der Waals surface area contributed by atoms with E-state index in [1.807, 2.05) is 0 Å². The number of halogens is 3. The second-order valence-corrected chi connectivity index (χ2v) is 7.37. The number of hydrogen-bond acceptors (Lipinski definition) is 7. The number of carbonyl (C=O) groups excluding carboxylic acids is 1. The fraction of sp³-hybridized carbons (Fsp3) is 0.529. The van der Waals surface area contributed by atoms with E-state index in [1.54, 1.807) is 20.8 Å². The van der Waals surface area contributed by atoms with Crippen molar-refractivity contribution in [2.45, 2.75) is 46.5 Å². The molecule has 0 aliphatic heterocycles. The van der Waals surface area contributed by atoms with Gasteiger partial charge < -0.3 is 10.5 Å². The number of hydrogen-bond donors (Lipinski definition) is 1. The van der Waals surface area contributed by atoms with Crippen molar-refractivity contribution in [1.29, 1.82) is 0 Å². The molecule has 0 spiro atoms. The first kappa shape index (κ1) is 21.5. The molecule has 1 aromatic rings. The lowest BCUT2D eigenvalue weighted by Crippen LogP contribution is -2.28. The average Bonchev–Trinajstić information content (AvgIpc) is 3.34. The predicted octanol–water partition coefficient (Wildman–Crippen LogP) is 2.50. The van der Waals surface area contributed by atoms with Crippen LogP contribution in [-0.2, 0) is 16.3 Å². The second kappa shape index (κ2) is 7.64. The molecular weight excluding hydrogens is 381 g/mol.